The molecule has 2 nitrogen and oxygen atoms in total. The fraction of sp³-hybridized carbons (Fsp3) is 0.273. The highest BCUT2D eigenvalue weighted by Crippen LogP contribution is 2.25. The third-order valence-electron chi connectivity index (χ3n) is 3.79. The molecule has 0 saturated carbocycles. The lowest BCUT2D eigenvalue weighted by Crippen LogP contribution is -2.08. The zero-order valence-corrected chi connectivity index (χ0v) is 15.7. The number of allylic oxidation sites excluding steroid dienone is 2. The molecule has 0 saturated heterocycles. The highest BCUT2D eigenvalue weighted by atomic mass is 15.1. The van der Waals surface area contributed by atoms with Crippen molar-refractivity contribution < 1.29 is 0 Å². The van der Waals surface area contributed by atoms with Crippen molar-refractivity contribution in [3.05, 3.63) is 72.1 Å². The quantitative estimate of drug-likeness (QED) is 0.659. The second-order valence-electron chi connectivity index (χ2n) is 6.73. The molecule has 0 heterocycles. The molecule has 2 aromatic carbocycles. The molecule has 0 bridgehead atoms. The largest absolute Gasteiger partial charge is 0.351 e. The summed E-state index contributed by atoms with van der Waals surface area (Å²) in [6.07, 6.45) is 4.28. The van der Waals surface area contributed by atoms with Crippen LogP contribution in [0.3, 0.4) is 0 Å². The van der Waals surface area contributed by atoms with Crippen molar-refractivity contribution in [2.24, 2.45) is 0 Å². The van der Waals surface area contributed by atoms with Gasteiger partial charge in [-0.25, -0.2) is 0 Å². The summed E-state index contributed by atoms with van der Waals surface area (Å²) in [5.41, 5.74) is 7.44. The number of hydrogen-bond acceptors (Lipinski definition) is 2. The summed E-state index contributed by atoms with van der Waals surface area (Å²) < 4.78 is 0. The van der Waals surface area contributed by atoms with Gasteiger partial charge in [0.15, 0.2) is 0 Å². The van der Waals surface area contributed by atoms with Crippen LogP contribution in [-0.4, -0.2) is 14.1 Å². The lowest BCUT2D eigenvalue weighted by molar-refractivity contribution is 1.16. The Morgan fingerprint density at radius 1 is 0.583 bits per heavy atom. The molecule has 0 aromatic heterocycles. The van der Waals surface area contributed by atoms with E-state index in [1.165, 1.54) is 33.6 Å². The second-order valence-corrected chi connectivity index (χ2v) is 6.73. The van der Waals surface area contributed by atoms with Crippen LogP contribution in [0.25, 0.3) is 11.1 Å². The monoisotopic (exact) mass is 320 g/mol. The van der Waals surface area contributed by atoms with E-state index in [0.29, 0.717) is 0 Å². The van der Waals surface area contributed by atoms with Crippen LogP contribution in [0.2, 0.25) is 0 Å². The normalized spacial score (nSPS) is 10.1. The maximum atomic E-state index is 2.18. The lowest BCUT2D eigenvalue weighted by Gasteiger charge is -2.17. The molecule has 0 aliphatic carbocycles. The first-order chi connectivity index (χ1) is 11.4. The Bertz CT molecular complexity index is 648. The summed E-state index contributed by atoms with van der Waals surface area (Å²) in [6.45, 7) is 8.44. The maximum absolute atomic E-state index is 2.18. The number of anilines is 2. The van der Waals surface area contributed by atoms with E-state index in [4.69, 9.17) is 0 Å². The van der Waals surface area contributed by atoms with Gasteiger partial charge in [0, 0.05) is 37.9 Å². The van der Waals surface area contributed by atoms with Gasteiger partial charge in [0.1, 0.15) is 0 Å². The van der Waals surface area contributed by atoms with Gasteiger partial charge in [-0.3, -0.25) is 0 Å². The Hall–Kier alpha value is -2.48. The van der Waals surface area contributed by atoms with Crippen LogP contribution >= 0.6 is 0 Å². The van der Waals surface area contributed by atoms with E-state index in [1.54, 1.807) is 0 Å². The van der Waals surface area contributed by atoms with Crippen LogP contribution in [0.5, 0.6) is 0 Å². The second kappa shape index (κ2) is 7.87. The van der Waals surface area contributed by atoms with Crippen molar-refractivity contribution in [1.82, 2.24) is 0 Å². The number of benzene rings is 2. The molecule has 126 valence electrons. The summed E-state index contributed by atoms with van der Waals surface area (Å²) >= 11 is 0. The summed E-state index contributed by atoms with van der Waals surface area (Å²) in [6, 6.07) is 17.4. The average Bonchev–Trinajstić information content (AvgIpc) is 2.54. The number of rotatable bonds is 5. The average molecular weight is 320 g/mol. The smallest absolute Gasteiger partial charge is 0.0403 e. The molecule has 2 rings (SSSR count). The van der Waals surface area contributed by atoms with Crippen molar-refractivity contribution in [3.8, 4) is 11.1 Å². The molecule has 0 atom stereocenters. The van der Waals surface area contributed by atoms with Crippen molar-refractivity contribution in [3.63, 3.8) is 0 Å². The molecule has 24 heavy (non-hydrogen) atoms. The summed E-state index contributed by atoms with van der Waals surface area (Å²) in [5, 5.41) is 0. The third-order valence-corrected chi connectivity index (χ3v) is 3.79. The zero-order chi connectivity index (χ0) is 17.7. The molecule has 0 amide bonds. The summed E-state index contributed by atoms with van der Waals surface area (Å²) in [5.74, 6) is 0. The molecule has 0 aliphatic heterocycles. The fourth-order valence-electron chi connectivity index (χ4n) is 2.70. The van der Waals surface area contributed by atoms with Gasteiger partial charge in [-0.1, -0.05) is 35.4 Å². The molecular weight excluding hydrogens is 292 g/mol. The minimum absolute atomic E-state index is 1.19. The predicted octanol–water partition coefficient (Wildman–Crippen LogP) is 6.07. The molecule has 0 spiro atoms. The summed E-state index contributed by atoms with van der Waals surface area (Å²) in [4.78, 5) is 4.30. The van der Waals surface area contributed by atoms with Gasteiger partial charge in [0.25, 0.3) is 0 Å². The van der Waals surface area contributed by atoms with Crippen molar-refractivity contribution in [2.75, 3.05) is 23.9 Å². The molecular formula is C22H28N2. The van der Waals surface area contributed by atoms with Crippen LogP contribution in [0.4, 0.5) is 11.4 Å². The van der Waals surface area contributed by atoms with Crippen LogP contribution in [0.1, 0.15) is 27.7 Å². The fourth-order valence-corrected chi connectivity index (χ4v) is 2.70. The van der Waals surface area contributed by atoms with Gasteiger partial charge < -0.3 is 9.80 Å². The Balaban J connectivity index is 2.18. The van der Waals surface area contributed by atoms with Gasteiger partial charge in [0.05, 0.1) is 0 Å². The van der Waals surface area contributed by atoms with Crippen LogP contribution in [0, 0.1) is 0 Å². The maximum Gasteiger partial charge on any atom is 0.0403 e. The van der Waals surface area contributed by atoms with Gasteiger partial charge in [0.2, 0.25) is 0 Å². The Morgan fingerprint density at radius 2 is 0.875 bits per heavy atom. The van der Waals surface area contributed by atoms with Gasteiger partial charge >= 0.3 is 0 Å². The van der Waals surface area contributed by atoms with Crippen molar-refractivity contribution >= 4 is 11.4 Å². The first kappa shape index (κ1) is 17.9. The van der Waals surface area contributed by atoms with E-state index >= 15 is 0 Å². The molecule has 2 aromatic rings. The van der Waals surface area contributed by atoms with E-state index in [2.05, 4.69) is 113 Å². The van der Waals surface area contributed by atoms with E-state index in [0.717, 1.165) is 0 Å². The van der Waals surface area contributed by atoms with Crippen LogP contribution in [0.15, 0.2) is 72.1 Å². The van der Waals surface area contributed by atoms with E-state index < -0.39 is 0 Å². The lowest BCUT2D eigenvalue weighted by atomic mass is 10.0. The molecule has 0 fully saturated rings. The summed E-state index contributed by atoms with van der Waals surface area (Å²) in [7, 11) is 4.16. The first-order valence-electron chi connectivity index (χ1n) is 8.33. The molecule has 0 N–H and O–H groups in total. The number of hydrogen-bond donors (Lipinski definition) is 0. The number of nitrogens with zero attached hydrogens (tertiary/aromatic N) is 2. The van der Waals surface area contributed by atoms with E-state index in [9.17, 15) is 0 Å². The van der Waals surface area contributed by atoms with Gasteiger partial charge in [-0.05, 0) is 63.1 Å². The Morgan fingerprint density at radius 3 is 1.12 bits per heavy atom. The third kappa shape index (κ3) is 4.76. The van der Waals surface area contributed by atoms with Crippen molar-refractivity contribution in [2.45, 2.75) is 27.7 Å². The molecule has 0 unspecified atom stereocenters. The zero-order valence-electron chi connectivity index (χ0n) is 15.7. The molecule has 0 radical (unpaired) electrons. The van der Waals surface area contributed by atoms with E-state index in [-0.39, 0.29) is 0 Å². The predicted molar refractivity (Wildman–Crippen MR) is 108 cm³/mol. The van der Waals surface area contributed by atoms with Crippen molar-refractivity contribution in [1.29, 1.82) is 0 Å². The van der Waals surface area contributed by atoms with Gasteiger partial charge in [-0.15, -0.1) is 0 Å². The van der Waals surface area contributed by atoms with Gasteiger partial charge in [-0.2, -0.15) is 0 Å². The molecule has 2 heteroatoms. The minimum Gasteiger partial charge on any atom is -0.351 e. The molecule has 0 aliphatic rings. The Kier molecular flexibility index (Phi) is 5.86. The van der Waals surface area contributed by atoms with Crippen LogP contribution in [-0.2, 0) is 0 Å². The highest BCUT2D eigenvalue weighted by molar-refractivity contribution is 5.69. The SMILES string of the molecule is CC(C)=CN(C)c1ccc(-c2ccc(N(C)C=C(C)C)cc2)cc1. The van der Waals surface area contributed by atoms with E-state index in [1.807, 2.05) is 0 Å². The Labute approximate surface area is 146 Å². The standard InChI is InChI=1S/C22H28N2/c1-17(2)15-23(5)21-11-7-19(8-12-21)20-9-13-22(14-10-20)24(6)16-18(3)4/h7-16H,1-6H3. The first-order valence-corrected chi connectivity index (χ1v) is 8.33. The topological polar surface area (TPSA) is 6.48 Å². The van der Waals surface area contributed by atoms with Crippen LogP contribution < -0.4 is 9.80 Å². The highest BCUT2D eigenvalue weighted by Gasteiger charge is 2.02. The minimum atomic E-state index is 1.19.